The molecule has 0 aliphatic rings. The van der Waals surface area contributed by atoms with Crippen molar-refractivity contribution in [2.24, 2.45) is 17.7 Å². The maximum Gasteiger partial charge on any atom is 0.0705 e. The van der Waals surface area contributed by atoms with Crippen molar-refractivity contribution in [3.63, 3.8) is 0 Å². The number of hydrogen-bond donors (Lipinski definition) is 2. The van der Waals surface area contributed by atoms with E-state index in [0.29, 0.717) is 11.8 Å². The number of benzene rings is 1. The largest absolute Gasteiger partial charge is 0.271 e. The number of fused-ring (bicyclic) bond motifs is 1. The van der Waals surface area contributed by atoms with E-state index in [4.69, 9.17) is 5.84 Å². The molecule has 2 atom stereocenters. The van der Waals surface area contributed by atoms with E-state index >= 15 is 0 Å². The zero-order valence-electron chi connectivity index (χ0n) is 11.2. The van der Waals surface area contributed by atoms with Gasteiger partial charge in [0.1, 0.15) is 0 Å². The molecule has 2 rings (SSSR count). The van der Waals surface area contributed by atoms with Gasteiger partial charge in [-0.3, -0.25) is 16.3 Å². The van der Waals surface area contributed by atoms with E-state index < -0.39 is 0 Å². The van der Waals surface area contributed by atoms with Crippen molar-refractivity contribution in [3.8, 4) is 0 Å². The van der Waals surface area contributed by atoms with Gasteiger partial charge in [0.05, 0.1) is 5.52 Å². The normalized spacial score (nSPS) is 14.9. The fourth-order valence-corrected chi connectivity index (χ4v) is 2.31. The number of rotatable bonds is 4. The Kier molecular flexibility index (Phi) is 3.94. The Bertz CT molecular complexity index is 517. The molecule has 18 heavy (non-hydrogen) atoms. The van der Waals surface area contributed by atoms with Crippen molar-refractivity contribution >= 4 is 10.9 Å². The topological polar surface area (TPSA) is 50.9 Å². The van der Waals surface area contributed by atoms with Gasteiger partial charge in [-0.25, -0.2) is 0 Å². The number of nitrogens with two attached hydrogens (primary N) is 1. The van der Waals surface area contributed by atoms with Crippen LogP contribution in [0.15, 0.2) is 36.5 Å². The molecule has 0 radical (unpaired) electrons. The first-order valence-corrected chi connectivity index (χ1v) is 6.45. The van der Waals surface area contributed by atoms with Crippen LogP contribution in [0.25, 0.3) is 10.9 Å². The SMILES string of the molecule is CC(C)C(C)C(NN)c1cccc2ncccc12. The molecule has 0 saturated heterocycles. The Labute approximate surface area is 108 Å². The summed E-state index contributed by atoms with van der Waals surface area (Å²) in [5, 5.41) is 1.18. The van der Waals surface area contributed by atoms with Gasteiger partial charge in [0.25, 0.3) is 0 Å². The average Bonchev–Trinajstić information content (AvgIpc) is 2.39. The second kappa shape index (κ2) is 5.46. The van der Waals surface area contributed by atoms with E-state index in [1.165, 1.54) is 10.9 Å². The predicted octanol–water partition coefficient (Wildman–Crippen LogP) is 3.03. The molecular weight excluding hydrogens is 222 g/mol. The minimum Gasteiger partial charge on any atom is -0.271 e. The van der Waals surface area contributed by atoms with Gasteiger partial charge >= 0.3 is 0 Å². The van der Waals surface area contributed by atoms with E-state index in [9.17, 15) is 0 Å². The first kappa shape index (κ1) is 13.0. The molecule has 0 bridgehead atoms. The van der Waals surface area contributed by atoms with Gasteiger partial charge in [-0.15, -0.1) is 0 Å². The number of pyridine rings is 1. The van der Waals surface area contributed by atoms with Crippen LogP contribution in [0.5, 0.6) is 0 Å². The third kappa shape index (κ3) is 2.37. The van der Waals surface area contributed by atoms with Crippen LogP contribution in [0.3, 0.4) is 0 Å². The second-order valence-corrected chi connectivity index (χ2v) is 5.16. The maximum atomic E-state index is 5.76. The molecule has 1 heterocycles. The van der Waals surface area contributed by atoms with Gasteiger partial charge in [0.15, 0.2) is 0 Å². The lowest BCUT2D eigenvalue weighted by atomic mass is 9.85. The third-order valence-corrected chi connectivity index (χ3v) is 3.77. The molecule has 0 aliphatic carbocycles. The predicted molar refractivity (Wildman–Crippen MR) is 75.8 cm³/mol. The van der Waals surface area contributed by atoms with E-state index in [1.807, 2.05) is 24.4 Å². The highest BCUT2D eigenvalue weighted by Crippen LogP contribution is 2.31. The zero-order chi connectivity index (χ0) is 13.1. The molecule has 0 aliphatic heterocycles. The Balaban J connectivity index is 2.51. The molecule has 0 spiro atoms. The molecule has 0 fully saturated rings. The molecule has 3 nitrogen and oxygen atoms in total. The van der Waals surface area contributed by atoms with E-state index in [1.54, 1.807) is 0 Å². The van der Waals surface area contributed by atoms with Crippen molar-refractivity contribution in [1.82, 2.24) is 10.4 Å². The fourth-order valence-electron chi connectivity index (χ4n) is 2.31. The summed E-state index contributed by atoms with van der Waals surface area (Å²) in [7, 11) is 0. The minimum atomic E-state index is 0.151. The van der Waals surface area contributed by atoms with E-state index in [2.05, 4.69) is 43.3 Å². The van der Waals surface area contributed by atoms with Crippen LogP contribution in [0.4, 0.5) is 0 Å². The second-order valence-electron chi connectivity index (χ2n) is 5.16. The van der Waals surface area contributed by atoms with Crippen LogP contribution in [-0.4, -0.2) is 4.98 Å². The standard InChI is InChI=1S/C15H21N3/c1-10(2)11(3)15(18-16)13-6-4-8-14-12(13)7-5-9-17-14/h4-11,15,18H,16H2,1-3H3. The van der Waals surface area contributed by atoms with Crippen LogP contribution >= 0.6 is 0 Å². The quantitative estimate of drug-likeness (QED) is 0.641. The number of aromatic nitrogens is 1. The number of nitrogens with one attached hydrogen (secondary N) is 1. The monoisotopic (exact) mass is 243 g/mol. The third-order valence-electron chi connectivity index (χ3n) is 3.77. The summed E-state index contributed by atoms with van der Waals surface area (Å²) in [6.45, 7) is 6.67. The molecule has 1 aromatic carbocycles. The Morgan fingerprint density at radius 1 is 1.11 bits per heavy atom. The van der Waals surface area contributed by atoms with Crippen LogP contribution in [0, 0.1) is 11.8 Å². The van der Waals surface area contributed by atoms with Crippen molar-refractivity contribution in [3.05, 3.63) is 42.1 Å². The highest BCUT2D eigenvalue weighted by molar-refractivity contribution is 5.82. The lowest BCUT2D eigenvalue weighted by molar-refractivity contribution is 0.308. The van der Waals surface area contributed by atoms with Crippen LogP contribution in [0.1, 0.15) is 32.4 Å². The summed E-state index contributed by atoms with van der Waals surface area (Å²) < 4.78 is 0. The first-order chi connectivity index (χ1) is 8.65. The van der Waals surface area contributed by atoms with Gasteiger partial charge < -0.3 is 0 Å². The first-order valence-electron chi connectivity index (χ1n) is 6.45. The Morgan fingerprint density at radius 3 is 2.56 bits per heavy atom. The lowest BCUT2D eigenvalue weighted by Gasteiger charge is -2.27. The summed E-state index contributed by atoms with van der Waals surface area (Å²) in [4.78, 5) is 4.39. The smallest absolute Gasteiger partial charge is 0.0705 e. The van der Waals surface area contributed by atoms with Crippen LogP contribution < -0.4 is 11.3 Å². The highest BCUT2D eigenvalue weighted by atomic mass is 15.2. The molecule has 3 N–H and O–H groups in total. The number of hydrogen-bond acceptors (Lipinski definition) is 3. The molecule has 2 unspecified atom stereocenters. The van der Waals surface area contributed by atoms with Crippen LogP contribution in [0.2, 0.25) is 0 Å². The average molecular weight is 243 g/mol. The summed E-state index contributed by atoms with van der Waals surface area (Å²) in [6.07, 6.45) is 1.82. The molecule has 0 amide bonds. The molecule has 3 heteroatoms. The molecule has 0 saturated carbocycles. The Hall–Kier alpha value is -1.45. The van der Waals surface area contributed by atoms with Gasteiger partial charge in [-0.2, -0.15) is 0 Å². The summed E-state index contributed by atoms with van der Waals surface area (Å²) in [6, 6.07) is 10.4. The summed E-state index contributed by atoms with van der Waals surface area (Å²) >= 11 is 0. The van der Waals surface area contributed by atoms with Crippen LogP contribution in [-0.2, 0) is 0 Å². The van der Waals surface area contributed by atoms with Crippen molar-refractivity contribution in [2.45, 2.75) is 26.8 Å². The van der Waals surface area contributed by atoms with Crippen molar-refractivity contribution in [1.29, 1.82) is 0 Å². The fraction of sp³-hybridized carbons (Fsp3) is 0.400. The maximum absolute atomic E-state index is 5.76. The summed E-state index contributed by atoms with van der Waals surface area (Å²) in [5.74, 6) is 6.79. The van der Waals surface area contributed by atoms with Gasteiger partial charge in [0, 0.05) is 17.6 Å². The van der Waals surface area contributed by atoms with Gasteiger partial charge in [-0.05, 0) is 29.5 Å². The van der Waals surface area contributed by atoms with Crippen molar-refractivity contribution in [2.75, 3.05) is 0 Å². The van der Waals surface area contributed by atoms with Crippen molar-refractivity contribution < 1.29 is 0 Å². The molecule has 1 aromatic heterocycles. The number of hydrazine groups is 1. The van der Waals surface area contributed by atoms with Gasteiger partial charge in [-0.1, -0.05) is 39.0 Å². The minimum absolute atomic E-state index is 0.151. The van der Waals surface area contributed by atoms with Gasteiger partial charge in [0.2, 0.25) is 0 Å². The molecular formula is C15H21N3. The zero-order valence-corrected chi connectivity index (χ0v) is 11.2. The number of nitrogens with zero attached hydrogens (tertiary/aromatic N) is 1. The van der Waals surface area contributed by atoms with E-state index in [-0.39, 0.29) is 6.04 Å². The Morgan fingerprint density at radius 2 is 1.89 bits per heavy atom. The van der Waals surface area contributed by atoms with E-state index in [0.717, 1.165) is 5.52 Å². The highest BCUT2D eigenvalue weighted by Gasteiger charge is 2.22. The lowest BCUT2D eigenvalue weighted by Crippen LogP contribution is -2.34. The summed E-state index contributed by atoms with van der Waals surface area (Å²) in [5.41, 5.74) is 5.21. The molecule has 96 valence electrons. The molecule has 2 aromatic rings.